The van der Waals surface area contributed by atoms with Crippen LogP contribution in [0.2, 0.25) is 0 Å². The van der Waals surface area contributed by atoms with Crippen molar-refractivity contribution in [2.75, 3.05) is 36.5 Å². The standard InChI is InChI=1S/C16H18N4O2S/c1-11-18-7-3-4-8-19(18)16(23)20(11)12-5-6-14-13(9-12)17(2)15(21)10-22-14/h5-6,9H,1,3-4,7-8,10H2,2H3. The van der Waals surface area contributed by atoms with Crippen molar-refractivity contribution >= 4 is 34.6 Å². The normalized spacial score (nSPS) is 20.7. The molecule has 23 heavy (non-hydrogen) atoms. The lowest BCUT2D eigenvalue weighted by Gasteiger charge is -2.33. The van der Waals surface area contributed by atoms with E-state index in [1.165, 1.54) is 0 Å². The molecule has 0 N–H and O–H groups in total. The first-order chi connectivity index (χ1) is 11.1. The van der Waals surface area contributed by atoms with E-state index >= 15 is 0 Å². The molecule has 6 nitrogen and oxygen atoms in total. The molecule has 0 unspecified atom stereocenters. The molecule has 0 radical (unpaired) electrons. The van der Waals surface area contributed by atoms with Crippen molar-refractivity contribution in [3.05, 3.63) is 30.6 Å². The maximum absolute atomic E-state index is 11.9. The molecule has 3 aliphatic heterocycles. The van der Waals surface area contributed by atoms with E-state index in [0.29, 0.717) is 5.75 Å². The quantitative estimate of drug-likeness (QED) is 0.733. The Kier molecular flexibility index (Phi) is 3.19. The fourth-order valence-electron chi connectivity index (χ4n) is 3.23. The Morgan fingerprint density at radius 1 is 1.22 bits per heavy atom. The van der Waals surface area contributed by atoms with Crippen LogP contribution in [-0.4, -0.2) is 47.8 Å². The molecule has 0 aromatic heterocycles. The van der Waals surface area contributed by atoms with Crippen molar-refractivity contribution in [1.29, 1.82) is 0 Å². The van der Waals surface area contributed by atoms with E-state index in [2.05, 4.69) is 16.6 Å². The molecular formula is C16H18N4O2S. The fraction of sp³-hybridized carbons (Fsp3) is 0.375. The van der Waals surface area contributed by atoms with Gasteiger partial charge < -0.3 is 9.64 Å². The molecular weight excluding hydrogens is 312 g/mol. The number of fused-ring (bicyclic) bond motifs is 2. The lowest BCUT2D eigenvalue weighted by Crippen LogP contribution is -2.42. The van der Waals surface area contributed by atoms with Crippen LogP contribution in [0.5, 0.6) is 5.75 Å². The molecule has 0 aliphatic carbocycles. The van der Waals surface area contributed by atoms with Gasteiger partial charge in [0, 0.05) is 20.1 Å². The van der Waals surface area contributed by atoms with Crippen molar-refractivity contribution in [3.8, 4) is 5.75 Å². The number of hydrogen-bond donors (Lipinski definition) is 0. The second-order valence-electron chi connectivity index (χ2n) is 5.88. The van der Waals surface area contributed by atoms with Crippen molar-refractivity contribution in [3.63, 3.8) is 0 Å². The summed E-state index contributed by atoms with van der Waals surface area (Å²) in [5.74, 6) is 1.52. The number of rotatable bonds is 1. The second kappa shape index (κ2) is 5.13. The van der Waals surface area contributed by atoms with Gasteiger partial charge >= 0.3 is 0 Å². The number of nitrogens with zero attached hydrogens (tertiary/aromatic N) is 4. The molecule has 2 saturated heterocycles. The predicted molar refractivity (Wildman–Crippen MR) is 92.2 cm³/mol. The lowest BCUT2D eigenvalue weighted by atomic mass is 10.2. The summed E-state index contributed by atoms with van der Waals surface area (Å²) < 4.78 is 5.49. The van der Waals surface area contributed by atoms with E-state index < -0.39 is 0 Å². The predicted octanol–water partition coefficient (Wildman–Crippen LogP) is 1.93. The molecule has 3 aliphatic rings. The number of hydrazine groups is 1. The lowest BCUT2D eigenvalue weighted by molar-refractivity contribution is -0.120. The van der Waals surface area contributed by atoms with Gasteiger partial charge in [-0.1, -0.05) is 6.58 Å². The van der Waals surface area contributed by atoms with Gasteiger partial charge in [0.05, 0.1) is 11.4 Å². The van der Waals surface area contributed by atoms with Gasteiger partial charge in [0.1, 0.15) is 11.6 Å². The molecule has 3 heterocycles. The van der Waals surface area contributed by atoms with Gasteiger partial charge in [0.15, 0.2) is 6.61 Å². The van der Waals surface area contributed by atoms with E-state index in [0.717, 1.165) is 48.2 Å². The van der Waals surface area contributed by atoms with Crippen LogP contribution >= 0.6 is 12.2 Å². The summed E-state index contributed by atoms with van der Waals surface area (Å²) in [6, 6.07) is 5.78. The zero-order valence-corrected chi connectivity index (χ0v) is 13.8. The minimum atomic E-state index is -0.0568. The first kappa shape index (κ1) is 14.3. The van der Waals surface area contributed by atoms with Gasteiger partial charge in [-0.25, -0.2) is 0 Å². The number of hydrogen-bond acceptors (Lipinski definition) is 4. The Hall–Kier alpha value is -2.28. The van der Waals surface area contributed by atoms with Crippen LogP contribution in [0.3, 0.4) is 0 Å². The van der Waals surface area contributed by atoms with Crippen molar-refractivity contribution in [1.82, 2.24) is 10.0 Å². The van der Waals surface area contributed by atoms with Crippen LogP contribution in [-0.2, 0) is 4.79 Å². The third kappa shape index (κ3) is 2.07. The SMILES string of the molecule is C=C1N(c2ccc3c(c2)N(C)C(=O)CO3)C(=S)N2CCCCN12. The average Bonchev–Trinajstić information content (AvgIpc) is 2.83. The zero-order valence-electron chi connectivity index (χ0n) is 13.0. The highest BCUT2D eigenvalue weighted by atomic mass is 32.1. The number of benzene rings is 1. The molecule has 1 aromatic carbocycles. The summed E-state index contributed by atoms with van der Waals surface area (Å²) >= 11 is 5.64. The average molecular weight is 330 g/mol. The van der Waals surface area contributed by atoms with Crippen LogP contribution in [0, 0.1) is 0 Å². The summed E-state index contributed by atoms with van der Waals surface area (Å²) in [6.07, 6.45) is 2.27. The second-order valence-corrected chi connectivity index (χ2v) is 6.25. The number of ether oxygens (including phenoxy) is 1. The van der Waals surface area contributed by atoms with Crippen molar-refractivity contribution in [2.45, 2.75) is 12.8 Å². The number of carbonyl (C=O) groups is 1. The van der Waals surface area contributed by atoms with E-state index in [4.69, 9.17) is 17.0 Å². The van der Waals surface area contributed by atoms with E-state index in [1.807, 2.05) is 23.1 Å². The summed E-state index contributed by atoms with van der Waals surface area (Å²) in [5, 5.41) is 4.98. The number of likely N-dealkylation sites (N-methyl/N-ethyl adjacent to an activating group) is 1. The Balaban J connectivity index is 1.72. The molecule has 0 saturated carbocycles. The summed E-state index contributed by atoms with van der Waals surface area (Å²) in [6.45, 7) is 6.14. The highest BCUT2D eigenvalue weighted by Gasteiger charge is 2.38. The van der Waals surface area contributed by atoms with Crippen molar-refractivity contribution in [2.24, 2.45) is 0 Å². The summed E-state index contributed by atoms with van der Waals surface area (Å²) in [5.41, 5.74) is 1.66. The smallest absolute Gasteiger partial charge is 0.264 e. The molecule has 120 valence electrons. The van der Waals surface area contributed by atoms with Gasteiger partial charge in [-0.2, -0.15) is 0 Å². The van der Waals surface area contributed by atoms with Crippen LogP contribution in [0.15, 0.2) is 30.6 Å². The zero-order chi connectivity index (χ0) is 16.1. The molecule has 1 amide bonds. The molecule has 7 heteroatoms. The number of thiocarbonyl (C=S) groups is 1. The van der Waals surface area contributed by atoms with Gasteiger partial charge in [-0.15, -0.1) is 0 Å². The van der Waals surface area contributed by atoms with Gasteiger partial charge in [-0.3, -0.25) is 19.7 Å². The Labute approximate surface area is 140 Å². The van der Waals surface area contributed by atoms with E-state index in [-0.39, 0.29) is 12.5 Å². The first-order valence-electron chi connectivity index (χ1n) is 7.69. The molecule has 4 rings (SSSR count). The van der Waals surface area contributed by atoms with E-state index in [1.54, 1.807) is 11.9 Å². The van der Waals surface area contributed by atoms with Gasteiger partial charge in [0.2, 0.25) is 5.11 Å². The first-order valence-corrected chi connectivity index (χ1v) is 8.10. The van der Waals surface area contributed by atoms with E-state index in [9.17, 15) is 4.79 Å². The Bertz CT molecular complexity index is 696. The number of anilines is 2. The van der Waals surface area contributed by atoms with Crippen LogP contribution < -0.4 is 14.5 Å². The monoisotopic (exact) mass is 330 g/mol. The number of carbonyl (C=O) groups excluding carboxylic acids is 1. The number of amides is 1. The fourth-order valence-corrected chi connectivity index (χ4v) is 3.63. The maximum atomic E-state index is 11.9. The highest BCUT2D eigenvalue weighted by molar-refractivity contribution is 7.80. The Morgan fingerprint density at radius 3 is 2.70 bits per heavy atom. The van der Waals surface area contributed by atoms with Gasteiger partial charge in [0.25, 0.3) is 5.91 Å². The van der Waals surface area contributed by atoms with Crippen LogP contribution in [0.1, 0.15) is 12.8 Å². The maximum Gasteiger partial charge on any atom is 0.264 e. The molecule has 0 atom stereocenters. The molecule has 0 spiro atoms. The molecule has 2 fully saturated rings. The molecule has 1 aromatic rings. The highest BCUT2D eigenvalue weighted by Crippen LogP contribution is 2.39. The minimum absolute atomic E-state index is 0.0568. The third-order valence-corrected chi connectivity index (χ3v) is 4.93. The Morgan fingerprint density at radius 2 is 1.96 bits per heavy atom. The third-order valence-electron chi connectivity index (χ3n) is 4.54. The van der Waals surface area contributed by atoms with Gasteiger partial charge in [-0.05, 0) is 43.3 Å². The minimum Gasteiger partial charge on any atom is -0.482 e. The summed E-state index contributed by atoms with van der Waals surface area (Å²) in [4.78, 5) is 15.4. The van der Waals surface area contributed by atoms with Crippen LogP contribution in [0.4, 0.5) is 11.4 Å². The van der Waals surface area contributed by atoms with Crippen LogP contribution in [0.25, 0.3) is 0 Å². The topological polar surface area (TPSA) is 39.3 Å². The summed E-state index contributed by atoms with van der Waals surface area (Å²) in [7, 11) is 1.76. The molecule has 0 bridgehead atoms. The van der Waals surface area contributed by atoms with Crippen molar-refractivity contribution < 1.29 is 9.53 Å². The largest absolute Gasteiger partial charge is 0.482 e.